The molecule has 2 aliphatic rings. The standard InChI is InChI=1S/C23H19BrFN3O/c1-13-20-21(14-10-11-17(25)16(24)12-14)22-18(8-5-9-19(22)29)26-23(20)28(27-13)15-6-3-2-4-7-15/h2-4,6-7,10-12,21,26H,5,8-9H2,1H3. The second kappa shape index (κ2) is 6.95. The summed E-state index contributed by atoms with van der Waals surface area (Å²) in [5.41, 5.74) is 5.41. The molecule has 0 fully saturated rings. The van der Waals surface area contributed by atoms with Crippen molar-refractivity contribution in [3.05, 3.63) is 86.9 Å². The van der Waals surface area contributed by atoms with Crippen LogP contribution in [-0.2, 0) is 4.79 Å². The van der Waals surface area contributed by atoms with E-state index in [2.05, 4.69) is 21.2 Å². The van der Waals surface area contributed by atoms with Crippen molar-refractivity contribution in [1.29, 1.82) is 0 Å². The molecule has 0 radical (unpaired) electrons. The zero-order valence-electron chi connectivity index (χ0n) is 15.9. The van der Waals surface area contributed by atoms with Crippen molar-refractivity contribution in [2.75, 3.05) is 5.32 Å². The molecular formula is C23H19BrFN3O. The number of benzene rings is 2. The van der Waals surface area contributed by atoms with E-state index in [9.17, 15) is 9.18 Å². The molecule has 1 unspecified atom stereocenters. The largest absolute Gasteiger partial charge is 0.343 e. The second-order valence-corrected chi connectivity index (χ2v) is 8.35. The van der Waals surface area contributed by atoms with Crippen LogP contribution in [0.3, 0.4) is 0 Å². The molecule has 1 aliphatic heterocycles. The predicted octanol–water partition coefficient (Wildman–Crippen LogP) is 5.65. The number of hydrogen-bond donors (Lipinski definition) is 1. The molecule has 0 bridgehead atoms. The molecule has 6 heteroatoms. The fourth-order valence-electron chi connectivity index (χ4n) is 4.40. The molecule has 1 N–H and O–H groups in total. The lowest BCUT2D eigenvalue weighted by atomic mass is 9.76. The van der Waals surface area contributed by atoms with Gasteiger partial charge in [0, 0.05) is 29.2 Å². The van der Waals surface area contributed by atoms with Gasteiger partial charge in [0.05, 0.1) is 15.9 Å². The lowest BCUT2D eigenvalue weighted by Crippen LogP contribution is -2.27. The minimum atomic E-state index is -0.316. The number of rotatable bonds is 2. The third-order valence-corrected chi connectivity index (χ3v) is 6.29. The average Bonchev–Trinajstić information content (AvgIpc) is 3.06. The van der Waals surface area contributed by atoms with Crippen LogP contribution in [0.1, 0.15) is 42.0 Å². The maximum atomic E-state index is 13.9. The number of anilines is 1. The van der Waals surface area contributed by atoms with Crippen molar-refractivity contribution in [1.82, 2.24) is 9.78 Å². The number of nitrogens with one attached hydrogen (secondary N) is 1. The Morgan fingerprint density at radius 1 is 1.17 bits per heavy atom. The van der Waals surface area contributed by atoms with Crippen LogP contribution in [0.2, 0.25) is 0 Å². The molecule has 0 spiro atoms. The van der Waals surface area contributed by atoms with E-state index in [0.717, 1.165) is 52.4 Å². The Balaban J connectivity index is 1.76. The van der Waals surface area contributed by atoms with Crippen molar-refractivity contribution in [2.24, 2.45) is 0 Å². The van der Waals surface area contributed by atoms with E-state index >= 15 is 0 Å². The zero-order chi connectivity index (χ0) is 20.1. The highest BCUT2D eigenvalue weighted by atomic mass is 79.9. The molecule has 146 valence electrons. The number of aromatic nitrogens is 2. The molecule has 3 aromatic rings. The fraction of sp³-hybridized carbons (Fsp3) is 0.217. The van der Waals surface area contributed by atoms with Crippen LogP contribution < -0.4 is 5.32 Å². The number of fused-ring (bicyclic) bond motifs is 1. The van der Waals surface area contributed by atoms with Crippen molar-refractivity contribution >= 4 is 27.5 Å². The van der Waals surface area contributed by atoms with E-state index in [0.29, 0.717) is 10.9 Å². The molecule has 0 saturated carbocycles. The summed E-state index contributed by atoms with van der Waals surface area (Å²) in [6.07, 6.45) is 2.19. The predicted molar refractivity (Wildman–Crippen MR) is 114 cm³/mol. The summed E-state index contributed by atoms with van der Waals surface area (Å²) in [6, 6.07) is 14.9. The third kappa shape index (κ3) is 2.94. The monoisotopic (exact) mass is 451 g/mol. The minimum Gasteiger partial charge on any atom is -0.343 e. The summed E-state index contributed by atoms with van der Waals surface area (Å²) < 4.78 is 16.2. The van der Waals surface area contributed by atoms with Gasteiger partial charge >= 0.3 is 0 Å². The van der Waals surface area contributed by atoms with Gasteiger partial charge < -0.3 is 5.32 Å². The van der Waals surface area contributed by atoms with Gasteiger partial charge in [0.1, 0.15) is 11.6 Å². The smallest absolute Gasteiger partial charge is 0.161 e. The summed E-state index contributed by atoms with van der Waals surface area (Å²) in [6.45, 7) is 1.96. The first-order valence-electron chi connectivity index (χ1n) is 9.67. The highest BCUT2D eigenvalue weighted by molar-refractivity contribution is 9.10. The Labute approximate surface area is 176 Å². The van der Waals surface area contributed by atoms with Crippen LogP contribution in [0.15, 0.2) is 64.3 Å². The van der Waals surface area contributed by atoms with E-state index in [1.807, 2.05) is 41.9 Å². The number of carbonyl (C=O) groups excluding carboxylic acids is 1. The van der Waals surface area contributed by atoms with Gasteiger partial charge in [-0.05, 0) is 65.5 Å². The zero-order valence-corrected chi connectivity index (χ0v) is 17.5. The molecule has 1 aliphatic carbocycles. The molecule has 0 saturated heterocycles. The lowest BCUT2D eigenvalue weighted by molar-refractivity contribution is -0.116. The van der Waals surface area contributed by atoms with Gasteiger partial charge in [0.25, 0.3) is 0 Å². The number of Topliss-reactive ketones (excluding diaryl/α,β-unsaturated/α-hetero) is 1. The highest BCUT2D eigenvalue weighted by Gasteiger charge is 2.38. The fourth-order valence-corrected chi connectivity index (χ4v) is 4.80. The van der Waals surface area contributed by atoms with Crippen LogP contribution in [0.5, 0.6) is 0 Å². The van der Waals surface area contributed by atoms with E-state index in [-0.39, 0.29) is 17.5 Å². The van der Waals surface area contributed by atoms with Gasteiger partial charge in [0.2, 0.25) is 0 Å². The molecule has 4 nitrogen and oxygen atoms in total. The number of ketones is 1. The molecule has 2 aromatic carbocycles. The molecule has 2 heterocycles. The van der Waals surface area contributed by atoms with E-state index in [4.69, 9.17) is 5.10 Å². The summed E-state index contributed by atoms with van der Waals surface area (Å²) in [5.74, 6) is 0.460. The number of carbonyl (C=O) groups is 1. The van der Waals surface area contributed by atoms with Crippen molar-refractivity contribution in [3.8, 4) is 5.69 Å². The number of nitrogens with zero attached hydrogens (tertiary/aromatic N) is 2. The van der Waals surface area contributed by atoms with Gasteiger partial charge in [-0.1, -0.05) is 24.3 Å². The third-order valence-electron chi connectivity index (χ3n) is 5.69. The minimum absolute atomic E-state index is 0.154. The van der Waals surface area contributed by atoms with E-state index < -0.39 is 0 Å². The summed E-state index contributed by atoms with van der Waals surface area (Å²) in [4.78, 5) is 13.0. The summed E-state index contributed by atoms with van der Waals surface area (Å²) in [5, 5.41) is 8.31. The Morgan fingerprint density at radius 2 is 1.97 bits per heavy atom. The quantitative estimate of drug-likeness (QED) is 0.547. The van der Waals surface area contributed by atoms with Crippen LogP contribution in [0, 0.1) is 12.7 Å². The summed E-state index contributed by atoms with van der Waals surface area (Å²) >= 11 is 3.30. The molecule has 0 amide bonds. The number of halogens is 2. The first-order valence-corrected chi connectivity index (χ1v) is 10.5. The SMILES string of the molecule is Cc1nn(-c2ccccc2)c2c1C(c1ccc(F)c(Br)c1)C1=C(CCCC1=O)N2. The first kappa shape index (κ1) is 18.3. The number of allylic oxidation sites excluding steroid dienone is 2. The van der Waals surface area contributed by atoms with Crippen LogP contribution in [0.25, 0.3) is 5.69 Å². The van der Waals surface area contributed by atoms with Crippen LogP contribution in [-0.4, -0.2) is 15.6 Å². The molecule has 1 atom stereocenters. The second-order valence-electron chi connectivity index (χ2n) is 7.50. The lowest BCUT2D eigenvalue weighted by Gasteiger charge is -2.33. The maximum absolute atomic E-state index is 13.9. The van der Waals surface area contributed by atoms with Crippen molar-refractivity contribution in [3.63, 3.8) is 0 Å². The number of aryl methyl sites for hydroxylation is 1. The van der Waals surface area contributed by atoms with Crippen LogP contribution >= 0.6 is 15.9 Å². The van der Waals surface area contributed by atoms with Gasteiger partial charge in [-0.3, -0.25) is 4.79 Å². The number of hydrogen-bond acceptors (Lipinski definition) is 3. The van der Waals surface area contributed by atoms with Gasteiger partial charge in [-0.25, -0.2) is 9.07 Å². The Morgan fingerprint density at radius 3 is 2.72 bits per heavy atom. The molecule has 5 rings (SSSR count). The van der Waals surface area contributed by atoms with Crippen LogP contribution in [0.4, 0.5) is 10.2 Å². The summed E-state index contributed by atoms with van der Waals surface area (Å²) in [7, 11) is 0. The molecular weight excluding hydrogens is 433 g/mol. The topological polar surface area (TPSA) is 46.9 Å². The maximum Gasteiger partial charge on any atom is 0.161 e. The molecule has 1 aromatic heterocycles. The van der Waals surface area contributed by atoms with Gasteiger partial charge in [-0.2, -0.15) is 5.10 Å². The molecule has 29 heavy (non-hydrogen) atoms. The number of para-hydroxylation sites is 1. The van der Waals surface area contributed by atoms with Gasteiger partial charge in [0.15, 0.2) is 5.78 Å². The first-order chi connectivity index (χ1) is 14.0. The van der Waals surface area contributed by atoms with Gasteiger partial charge in [-0.15, -0.1) is 0 Å². The Bertz CT molecular complexity index is 1170. The van der Waals surface area contributed by atoms with Crippen molar-refractivity contribution < 1.29 is 9.18 Å². The normalized spacial score (nSPS) is 18.3. The Hall–Kier alpha value is -2.73. The van der Waals surface area contributed by atoms with E-state index in [1.54, 1.807) is 12.1 Å². The van der Waals surface area contributed by atoms with Crippen molar-refractivity contribution in [2.45, 2.75) is 32.1 Å². The Kier molecular flexibility index (Phi) is 4.39. The highest BCUT2D eigenvalue weighted by Crippen LogP contribution is 2.47. The average molecular weight is 452 g/mol. The van der Waals surface area contributed by atoms with E-state index in [1.165, 1.54) is 6.07 Å².